The Hall–Kier alpha value is -2.80. The lowest BCUT2D eigenvalue weighted by atomic mass is 9.75. The van der Waals surface area contributed by atoms with Gasteiger partial charge in [0, 0.05) is 5.38 Å². The number of alkyl carbamates (subject to hydrolysis) is 1. The number of ketones is 1. The first kappa shape index (κ1) is 50.2. The van der Waals surface area contributed by atoms with Gasteiger partial charge >= 0.3 is 18.2 Å². The fourth-order valence-electron chi connectivity index (χ4n) is 5.65. The van der Waals surface area contributed by atoms with Crippen LogP contribution in [0.2, 0.25) is 0 Å². The highest BCUT2D eigenvalue weighted by Crippen LogP contribution is 2.36. The van der Waals surface area contributed by atoms with Gasteiger partial charge in [-0.25, -0.2) is 19.4 Å². The zero-order valence-electron chi connectivity index (χ0n) is 34.8. The molecule has 1 N–H and O–H groups in total. The predicted molar refractivity (Wildman–Crippen MR) is 220 cm³/mol. The number of aryl methyl sites for hydroxylation is 1. The quantitative estimate of drug-likeness (QED) is 0.0379. The normalized spacial score (nSPS) is 15.7. The molecule has 312 valence electrons. The third-order valence-corrected chi connectivity index (χ3v) is 9.47. The van der Waals surface area contributed by atoms with E-state index in [2.05, 4.69) is 16.4 Å². The molecule has 1 amide bonds. The van der Waals surface area contributed by atoms with Crippen molar-refractivity contribution in [1.29, 1.82) is 0 Å². The molecule has 0 saturated carbocycles. The first-order valence-electron chi connectivity index (χ1n) is 18.2. The Balaban J connectivity index is 3.23. The first-order valence-corrected chi connectivity index (χ1v) is 20.2. The van der Waals surface area contributed by atoms with E-state index >= 15 is 0 Å². The summed E-state index contributed by atoms with van der Waals surface area (Å²) in [4.78, 5) is 56.8. The van der Waals surface area contributed by atoms with Crippen LogP contribution in [0.4, 0.5) is 9.59 Å². The minimum atomic E-state index is -1.86. The van der Waals surface area contributed by atoms with E-state index in [1.807, 2.05) is 59.9 Å². The first-order chi connectivity index (χ1) is 25.0. The van der Waals surface area contributed by atoms with E-state index in [9.17, 15) is 19.2 Å². The van der Waals surface area contributed by atoms with Crippen LogP contribution in [0.5, 0.6) is 0 Å². The molecule has 0 aliphatic rings. The Morgan fingerprint density at radius 1 is 0.964 bits per heavy atom. The highest BCUT2D eigenvalue weighted by atomic mass is 35.6. The van der Waals surface area contributed by atoms with Crippen LogP contribution in [0.3, 0.4) is 0 Å². The Labute approximate surface area is 346 Å². The molecule has 0 bridgehead atoms. The highest BCUT2D eigenvalue weighted by Gasteiger charge is 2.43. The Kier molecular flexibility index (Phi) is 19.8. The van der Waals surface area contributed by atoms with E-state index in [0.29, 0.717) is 25.7 Å². The second-order valence-corrected chi connectivity index (χ2v) is 19.9. The van der Waals surface area contributed by atoms with Gasteiger partial charge in [0.25, 0.3) is 0 Å². The van der Waals surface area contributed by atoms with E-state index in [4.69, 9.17) is 58.5 Å². The second-order valence-electron chi connectivity index (χ2n) is 16.3. The molecule has 0 saturated heterocycles. The molecule has 4 atom stereocenters. The summed E-state index contributed by atoms with van der Waals surface area (Å²) >= 11 is 18.9. The van der Waals surface area contributed by atoms with Crippen LogP contribution in [-0.2, 0) is 33.3 Å². The fourth-order valence-corrected chi connectivity index (χ4v) is 6.38. The molecule has 55 heavy (non-hydrogen) atoms. The number of allylic oxidation sites excluding steroid dienone is 2. The molecular weight excluding hydrogens is 791 g/mol. The summed E-state index contributed by atoms with van der Waals surface area (Å²) < 4.78 is 25.4. The van der Waals surface area contributed by atoms with Crippen molar-refractivity contribution in [2.75, 3.05) is 13.7 Å². The lowest BCUT2D eigenvalue weighted by molar-refractivity contribution is -0.148. The number of nitrogens with zero attached hydrogens (tertiary/aromatic N) is 1. The number of alkyl halides is 3. The summed E-state index contributed by atoms with van der Waals surface area (Å²) in [7, 11) is 1.37. The van der Waals surface area contributed by atoms with Crippen LogP contribution < -0.4 is 5.32 Å². The van der Waals surface area contributed by atoms with E-state index < -0.39 is 57.3 Å². The van der Waals surface area contributed by atoms with Crippen molar-refractivity contribution < 1.29 is 42.9 Å². The average molecular weight is 852 g/mol. The standard InChI is InChI=1S/C40H61Cl3N2O9S/c1-24(18-19-30(45-35(48)54-38(9,10)11)26(3)20-29-22-55-28(5)44-29)16-15-17-25(2)33(52-36(49)51-23-40(41,42)43)27(4)34(47)39(12,13)31(50-14)21-32(46)53-37(6,7)8/h18,20-22,25,27,30,33H,15-17,19,23H2,1-14H3,(H,45,48)/b24-18-,26-20+,31-21-/t25-,27+,30-,33-/m0/s1. The van der Waals surface area contributed by atoms with E-state index in [0.717, 1.165) is 27.9 Å². The van der Waals surface area contributed by atoms with Crippen LogP contribution in [0, 0.1) is 24.2 Å². The van der Waals surface area contributed by atoms with Gasteiger partial charge in [-0.3, -0.25) is 4.79 Å². The minimum Gasteiger partial charge on any atom is -0.500 e. The molecule has 15 heteroatoms. The van der Waals surface area contributed by atoms with Gasteiger partial charge in [-0.1, -0.05) is 60.3 Å². The number of Topliss-reactive ketones (excluding diaryl/α,β-unsaturated/α-hetero) is 1. The number of halogens is 3. The third kappa shape index (κ3) is 19.8. The number of rotatable bonds is 18. The number of hydrogen-bond acceptors (Lipinski definition) is 11. The van der Waals surface area contributed by atoms with Crippen molar-refractivity contribution >= 4 is 76.2 Å². The number of esters is 1. The predicted octanol–water partition coefficient (Wildman–Crippen LogP) is 10.9. The van der Waals surface area contributed by atoms with Gasteiger partial charge in [-0.15, -0.1) is 11.3 Å². The summed E-state index contributed by atoms with van der Waals surface area (Å²) in [5.74, 6) is -2.10. The fraction of sp³-hybridized carbons (Fsp3) is 0.675. The molecule has 0 aliphatic carbocycles. The van der Waals surface area contributed by atoms with Gasteiger partial charge in [-0.2, -0.15) is 0 Å². The number of aromatic nitrogens is 1. The topological polar surface area (TPSA) is 139 Å². The maximum Gasteiger partial charge on any atom is 0.508 e. The van der Waals surface area contributed by atoms with Gasteiger partial charge < -0.3 is 29.0 Å². The highest BCUT2D eigenvalue weighted by molar-refractivity contribution is 7.09. The Morgan fingerprint density at radius 2 is 1.56 bits per heavy atom. The average Bonchev–Trinajstić information content (AvgIpc) is 3.44. The minimum absolute atomic E-state index is 0.0933. The van der Waals surface area contributed by atoms with Gasteiger partial charge in [0.05, 0.1) is 41.3 Å². The van der Waals surface area contributed by atoms with Crippen molar-refractivity contribution in [2.24, 2.45) is 17.3 Å². The summed E-state index contributed by atoms with van der Waals surface area (Å²) in [6.07, 6.45) is 5.13. The number of carbonyl (C=O) groups is 4. The van der Waals surface area contributed by atoms with E-state index in [1.165, 1.54) is 7.11 Å². The van der Waals surface area contributed by atoms with E-state index in [1.54, 1.807) is 52.9 Å². The van der Waals surface area contributed by atoms with Crippen molar-refractivity contribution in [3.05, 3.63) is 45.1 Å². The molecule has 0 unspecified atom stereocenters. The number of amides is 1. The van der Waals surface area contributed by atoms with Crippen LogP contribution in [-0.4, -0.2) is 69.8 Å². The third-order valence-electron chi connectivity index (χ3n) is 8.35. The van der Waals surface area contributed by atoms with Crippen LogP contribution >= 0.6 is 46.1 Å². The largest absolute Gasteiger partial charge is 0.508 e. The number of ether oxygens (including phenoxy) is 5. The van der Waals surface area contributed by atoms with Gasteiger partial charge in [-0.05, 0) is 119 Å². The lowest BCUT2D eigenvalue weighted by Gasteiger charge is -2.34. The molecule has 0 fully saturated rings. The molecule has 1 aromatic heterocycles. The molecule has 1 rings (SSSR count). The SMILES string of the molecule is CO/C(=C\C(=O)OC(C)(C)C)C(C)(C)C(=O)[C@H](C)[C@@H](OC(=O)OCC(Cl)(Cl)Cl)[C@@H](C)CCC/C(C)=C\C[C@H](NC(=O)OC(C)(C)C)/C(C)=C/c1csc(C)n1. The van der Waals surface area contributed by atoms with E-state index in [-0.39, 0.29) is 23.5 Å². The maximum absolute atomic E-state index is 14.1. The Bertz CT molecular complexity index is 1550. The summed E-state index contributed by atoms with van der Waals surface area (Å²) in [5.41, 5.74) is 0.132. The molecule has 1 heterocycles. The van der Waals surface area contributed by atoms with Crippen molar-refractivity contribution in [2.45, 2.75) is 143 Å². The number of methoxy groups -OCH3 is 1. The van der Waals surface area contributed by atoms with Gasteiger partial charge in [0.1, 0.15) is 29.7 Å². The molecule has 11 nitrogen and oxygen atoms in total. The Morgan fingerprint density at radius 3 is 2.07 bits per heavy atom. The molecule has 0 aliphatic heterocycles. The van der Waals surface area contributed by atoms with Gasteiger partial charge in [0.15, 0.2) is 5.78 Å². The maximum atomic E-state index is 14.1. The number of thiazole rings is 1. The summed E-state index contributed by atoms with van der Waals surface area (Å²) in [5, 5.41) is 5.91. The molecule has 1 aromatic rings. The number of hydrogen-bond donors (Lipinski definition) is 1. The van der Waals surface area contributed by atoms with Gasteiger partial charge in [0.2, 0.25) is 3.79 Å². The van der Waals surface area contributed by atoms with Crippen LogP contribution in [0.1, 0.15) is 119 Å². The molecule has 0 aromatic carbocycles. The van der Waals surface area contributed by atoms with Crippen LogP contribution in [0.25, 0.3) is 6.08 Å². The molecule has 0 radical (unpaired) electrons. The van der Waals surface area contributed by atoms with Crippen LogP contribution in [0.15, 0.2) is 34.4 Å². The molecular formula is C40H61Cl3N2O9S. The number of nitrogens with one attached hydrogen (secondary N) is 1. The molecule has 0 spiro atoms. The lowest BCUT2D eigenvalue weighted by Crippen LogP contribution is -2.42. The zero-order chi connectivity index (χ0) is 42.5. The smallest absolute Gasteiger partial charge is 0.500 e. The monoisotopic (exact) mass is 850 g/mol. The summed E-state index contributed by atoms with van der Waals surface area (Å²) in [6, 6.07) is -0.334. The van der Waals surface area contributed by atoms with Crippen molar-refractivity contribution in [3.63, 3.8) is 0 Å². The number of carbonyl (C=O) groups excluding carboxylic acids is 4. The zero-order valence-corrected chi connectivity index (χ0v) is 37.9. The second kappa shape index (κ2) is 21.6. The summed E-state index contributed by atoms with van der Waals surface area (Å²) in [6.45, 7) is 22.8. The van der Waals surface area contributed by atoms with Crippen molar-refractivity contribution in [3.8, 4) is 0 Å². The van der Waals surface area contributed by atoms with Crippen molar-refractivity contribution in [1.82, 2.24) is 10.3 Å².